The third-order valence-corrected chi connectivity index (χ3v) is 2.39. The molecule has 1 aromatic heterocycles. The van der Waals surface area contributed by atoms with E-state index in [1.165, 1.54) is 37.8 Å². The minimum atomic E-state index is -4.43. The number of hydrogen-bond donors (Lipinski definition) is 0. The molecule has 0 saturated heterocycles. The van der Waals surface area contributed by atoms with E-state index in [4.69, 9.17) is 4.74 Å². The average Bonchev–Trinajstić information content (AvgIpc) is 2.37. The Morgan fingerprint density at radius 1 is 1.11 bits per heavy atom. The molecule has 0 radical (unpaired) electrons. The molecule has 18 heavy (non-hydrogen) atoms. The topological polar surface area (TPSA) is 35.0 Å². The van der Waals surface area contributed by atoms with Crippen molar-refractivity contribution in [3.63, 3.8) is 0 Å². The van der Waals surface area contributed by atoms with E-state index in [0.717, 1.165) is 6.07 Å². The van der Waals surface area contributed by atoms with Gasteiger partial charge in [0, 0.05) is 11.8 Å². The Kier molecular flexibility index (Phi) is 3.18. The number of alkyl halides is 3. The summed E-state index contributed by atoms with van der Waals surface area (Å²) in [5.74, 6) is 0.113. The van der Waals surface area contributed by atoms with Crippen molar-refractivity contribution in [3.05, 3.63) is 42.4 Å². The molecule has 0 aliphatic rings. The molecule has 0 fully saturated rings. The van der Waals surface area contributed by atoms with Crippen molar-refractivity contribution in [1.82, 2.24) is 9.97 Å². The van der Waals surface area contributed by atoms with Crippen LogP contribution in [0, 0.1) is 0 Å². The lowest BCUT2D eigenvalue weighted by Gasteiger charge is -2.13. The first kappa shape index (κ1) is 12.3. The van der Waals surface area contributed by atoms with E-state index >= 15 is 0 Å². The summed E-state index contributed by atoms with van der Waals surface area (Å²) in [6.07, 6.45) is -1.91. The van der Waals surface area contributed by atoms with Crippen molar-refractivity contribution in [3.8, 4) is 17.0 Å². The van der Waals surface area contributed by atoms with Crippen molar-refractivity contribution in [1.29, 1.82) is 0 Å². The molecule has 0 aliphatic carbocycles. The highest BCUT2D eigenvalue weighted by molar-refractivity contribution is 5.71. The Morgan fingerprint density at radius 3 is 2.50 bits per heavy atom. The predicted molar refractivity (Wildman–Crippen MR) is 59.0 cm³/mol. The van der Waals surface area contributed by atoms with E-state index in [2.05, 4.69) is 9.97 Å². The molecule has 6 heteroatoms. The van der Waals surface area contributed by atoms with Crippen LogP contribution in [0.3, 0.4) is 0 Å². The average molecular weight is 254 g/mol. The highest BCUT2D eigenvalue weighted by atomic mass is 19.4. The van der Waals surface area contributed by atoms with E-state index in [-0.39, 0.29) is 17.0 Å². The summed E-state index contributed by atoms with van der Waals surface area (Å²) in [5, 5.41) is 0. The molecule has 2 rings (SSSR count). The van der Waals surface area contributed by atoms with Crippen molar-refractivity contribution < 1.29 is 17.9 Å². The first-order chi connectivity index (χ1) is 8.54. The zero-order valence-corrected chi connectivity index (χ0v) is 9.40. The molecule has 1 heterocycles. The Bertz CT molecular complexity index is 555. The zero-order valence-electron chi connectivity index (χ0n) is 9.40. The smallest absolute Gasteiger partial charge is 0.417 e. The van der Waals surface area contributed by atoms with Crippen LogP contribution in [0.15, 0.2) is 36.8 Å². The summed E-state index contributed by atoms with van der Waals surface area (Å²) in [5.41, 5.74) is -0.520. The number of benzene rings is 1. The van der Waals surface area contributed by atoms with Gasteiger partial charge < -0.3 is 4.74 Å². The lowest BCUT2D eigenvalue weighted by molar-refractivity contribution is -0.137. The Labute approximate surface area is 101 Å². The summed E-state index contributed by atoms with van der Waals surface area (Å²) >= 11 is 0. The van der Waals surface area contributed by atoms with E-state index in [1.54, 1.807) is 0 Å². The Morgan fingerprint density at radius 2 is 1.83 bits per heavy atom. The second kappa shape index (κ2) is 4.64. The van der Waals surface area contributed by atoms with Gasteiger partial charge in [0.2, 0.25) is 5.88 Å². The number of rotatable bonds is 2. The monoisotopic (exact) mass is 254 g/mol. The van der Waals surface area contributed by atoms with Crippen LogP contribution in [-0.2, 0) is 6.18 Å². The van der Waals surface area contributed by atoms with Gasteiger partial charge in [-0.15, -0.1) is 0 Å². The lowest BCUT2D eigenvalue weighted by Crippen LogP contribution is -2.07. The minimum absolute atomic E-state index is 0.00227. The highest BCUT2D eigenvalue weighted by Gasteiger charge is 2.34. The van der Waals surface area contributed by atoms with Crippen LogP contribution < -0.4 is 4.74 Å². The molecule has 2 aromatic rings. The van der Waals surface area contributed by atoms with Gasteiger partial charge in [-0.2, -0.15) is 13.2 Å². The van der Waals surface area contributed by atoms with Gasteiger partial charge in [0.05, 0.1) is 18.2 Å². The second-order valence-corrected chi connectivity index (χ2v) is 3.49. The van der Waals surface area contributed by atoms with Gasteiger partial charge in [-0.1, -0.05) is 18.2 Å². The summed E-state index contributed by atoms with van der Waals surface area (Å²) < 4.78 is 43.6. The van der Waals surface area contributed by atoms with Crippen LogP contribution in [0.5, 0.6) is 5.88 Å². The van der Waals surface area contributed by atoms with Crippen LogP contribution in [-0.4, -0.2) is 17.1 Å². The fraction of sp³-hybridized carbons (Fsp3) is 0.167. The van der Waals surface area contributed by atoms with Gasteiger partial charge in [0.15, 0.2) is 0 Å². The van der Waals surface area contributed by atoms with Crippen LogP contribution in [0.2, 0.25) is 0 Å². The molecule has 0 N–H and O–H groups in total. The first-order valence-electron chi connectivity index (χ1n) is 5.04. The van der Waals surface area contributed by atoms with E-state index in [0.29, 0.717) is 0 Å². The Hall–Kier alpha value is -2.11. The highest BCUT2D eigenvalue weighted by Crippen LogP contribution is 2.38. The van der Waals surface area contributed by atoms with Crippen LogP contribution in [0.1, 0.15) is 5.56 Å². The molecule has 1 aromatic carbocycles. The lowest BCUT2D eigenvalue weighted by atomic mass is 10.0. The molecule has 0 spiro atoms. The van der Waals surface area contributed by atoms with Crippen LogP contribution >= 0.6 is 0 Å². The van der Waals surface area contributed by atoms with Crippen molar-refractivity contribution >= 4 is 0 Å². The van der Waals surface area contributed by atoms with Gasteiger partial charge in [0.25, 0.3) is 0 Å². The number of ether oxygens (including phenoxy) is 1. The van der Waals surface area contributed by atoms with Crippen molar-refractivity contribution in [2.75, 3.05) is 7.11 Å². The fourth-order valence-electron chi connectivity index (χ4n) is 1.63. The normalized spacial score (nSPS) is 11.3. The predicted octanol–water partition coefficient (Wildman–Crippen LogP) is 3.17. The number of nitrogens with zero attached hydrogens (tertiary/aromatic N) is 2. The zero-order chi connectivity index (χ0) is 13.2. The van der Waals surface area contributed by atoms with Gasteiger partial charge in [-0.05, 0) is 6.07 Å². The number of aromatic nitrogens is 2. The molecule has 0 saturated carbocycles. The molecule has 0 amide bonds. The number of methoxy groups -OCH3 is 1. The molecular formula is C12H9F3N2O. The molecule has 3 nitrogen and oxygen atoms in total. The van der Waals surface area contributed by atoms with Gasteiger partial charge in [-0.3, -0.25) is 0 Å². The largest absolute Gasteiger partial charge is 0.480 e. The van der Waals surface area contributed by atoms with Crippen molar-refractivity contribution in [2.45, 2.75) is 6.18 Å². The molecule has 0 aliphatic heterocycles. The van der Waals surface area contributed by atoms with Gasteiger partial charge in [0.1, 0.15) is 6.33 Å². The van der Waals surface area contributed by atoms with E-state index in [1.807, 2.05) is 0 Å². The third-order valence-electron chi connectivity index (χ3n) is 2.39. The Balaban J connectivity index is 2.65. The fourth-order valence-corrected chi connectivity index (χ4v) is 1.63. The standard InChI is InChI=1S/C12H9F3N2O/c1-18-11-9(6-16-7-17-11)8-4-2-3-5-10(8)12(13,14)15/h2-7H,1H3. The van der Waals surface area contributed by atoms with Gasteiger partial charge in [-0.25, -0.2) is 9.97 Å². The minimum Gasteiger partial charge on any atom is -0.480 e. The third kappa shape index (κ3) is 2.27. The molecule has 0 atom stereocenters. The van der Waals surface area contributed by atoms with Crippen LogP contribution in [0.4, 0.5) is 13.2 Å². The SMILES string of the molecule is COc1ncncc1-c1ccccc1C(F)(F)F. The van der Waals surface area contributed by atoms with Gasteiger partial charge >= 0.3 is 6.18 Å². The summed E-state index contributed by atoms with van der Waals surface area (Å²) in [6.45, 7) is 0. The van der Waals surface area contributed by atoms with E-state index in [9.17, 15) is 13.2 Å². The second-order valence-electron chi connectivity index (χ2n) is 3.49. The maximum Gasteiger partial charge on any atom is 0.417 e. The maximum absolute atomic E-state index is 12.9. The van der Waals surface area contributed by atoms with Crippen LogP contribution in [0.25, 0.3) is 11.1 Å². The number of halogens is 3. The maximum atomic E-state index is 12.9. The molecular weight excluding hydrogens is 245 g/mol. The quantitative estimate of drug-likeness (QED) is 0.825. The van der Waals surface area contributed by atoms with Crippen molar-refractivity contribution in [2.24, 2.45) is 0 Å². The molecule has 0 unspecified atom stereocenters. The summed E-state index contributed by atoms with van der Waals surface area (Å²) in [7, 11) is 1.35. The first-order valence-corrected chi connectivity index (χ1v) is 5.04. The van der Waals surface area contributed by atoms with E-state index < -0.39 is 11.7 Å². The summed E-state index contributed by atoms with van der Waals surface area (Å²) in [4.78, 5) is 7.53. The summed E-state index contributed by atoms with van der Waals surface area (Å²) in [6, 6.07) is 5.24. The number of hydrogen-bond acceptors (Lipinski definition) is 3. The molecule has 94 valence electrons. The molecule has 0 bridgehead atoms.